The number of nitrogens with one attached hydrogen (secondary N) is 2. The first-order valence-electron chi connectivity index (χ1n) is 9.02. The van der Waals surface area contributed by atoms with Gasteiger partial charge in [0.05, 0.1) is 18.2 Å². The molecule has 0 spiro atoms. The maximum Gasteiger partial charge on any atom is 0.240 e. The molecule has 0 aliphatic carbocycles. The molecule has 150 valence electrons. The van der Waals surface area contributed by atoms with Crippen molar-refractivity contribution in [1.29, 1.82) is 0 Å². The highest BCUT2D eigenvalue weighted by Gasteiger charge is 2.37. The first kappa shape index (κ1) is 19.6. The molecule has 1 aromatic heterocycles. The number of amides is 1. The van der Waals surface area contributed by atoms with Gasteiger partial charge in [-0.2, -0.15) is 0 Å². The van der Waals surface area contributed by atoms with Gasteiger partial charge in [-0.05, 0) is 43.7 Å². The summed E-state index contributed by atoms with van der Waals surface area (Å²) in [7, 11) is 1.57. The van der Waals surface area contributed by atoms with E-state index in [2.05, 4.69) is 20.9 Å². The van der Waals surface area contributed by atoms with Crippen molar-refractivity contribution in [1.82, 2.24) is 14.9 Å². The molecule has 1 amide bonds. The first-order chi connectivity index (χ1) is 14.0. The number of benzene rings is 2. The number of hydrogen-bond donors (Lipinski definition) is 2. The summed E-state index contributed by atoms with van der Waals surface area (Å²) in [5.41, 5.74) is 6.11. The van der Waals surface area contributed by atoms with Gasteiger partial charge < -0.3 is 15.5 Å². The lowest BCUT2D eigenvalue weighted by molar-refractivity contribution is -0.116. The Morgan fingerprint density at radius 3 is 2.66 bits per heavy atom. The van der Waals surface area contributed by atoms with E-state index in [0.29, 0.717) is 15.9 Å². The highest BCUT2D eigenvalue weighted by molar-refractivity contribution is 8.00. The minimum Gasteiger partial charge on any atom is -0.495 e. The number of halogens is 1. The summed E-state index contributed by atoms with van der Waals surface area (Å²) in [6, 6.07) is 12.9. The van der Waals surface area contributed by atoms with Gasteiger partial charge in [-0.15, -0.1) is 10.2 Å². The third-order valence-electron chi connectivity index (χ3n) is 4.71. The van der Waals surface area contributed by atoms with E-state index < -0.39 is 5.25 Å². The summed E-state index contributed by atoms with van der Waals surface area (Å²) >= 11 is 7.71. The Morgan fingerprint density at radius 2 is 1.97 bits per heavy atom. The minimum atomic E-state index is -0.475. The van der Waals surface area contributed by atoms with E-state index >= 15 is 0 Å². The summed E-state index contributed by atoms with van der Waals surface area (Å²) in [6.45, 7) is 3.86. The van der Waals surface area contributed by atoms with E-state index in [1.165, 1.54) is 11.8 Å². The van der Waals surface area contributed by atoms with Crippen molar-refractivity contribution in [3.05, 3.63) is 64.4 Å². The summed E-state index contributed by atoms with van der Waals surface area (Å²) in [5.74, 6) is 1.17. The molecule has 0 fully saturated rings. The summed E-state index contributed by atoms with van der Waals surface area (Å²) in [5, 5.41) is 11.9. The van der Waals surface area contributed by atoms with Gasteiger partial charge in [0.2, 0.25) is 11.1 Å². The van der Waals surface area contributed by atoms with Crippen molar-refractivity contribution in [3.63, 3.8) is 0 Å². The van der Waals surface area contributed by atoms with Gasteiger partial charge in [-0.3, -0.25) is 4.79 Å². The Labute approximate surface area is 177 Å². The number of fused-ring (bicyclic) bond motifs is 1. The normalized spacial score (nSPS) is 17.9. The van der Waals surface area contributed by atoms with Crippen LogP contribution >= 0.6 is 23.4 Å². The molecular formula is C20H20ClN5O2S. The number of carbonyl (C=O) groups excluding carboxylic acids is 1. The molecule has 0 saturated heterocycles. The van der Waals surface area contributed by atoms with Gasteiger partial charge in [-0.25, -0.2) is 4.68 Å². The summed E-state index contributed by atoms with van der Waals surface area (Å²) in [6.07, 6.45) is 0. The number of methoxy groups -OCH3 is 1. The zero-order valence-corrected chi connectivity index (χ0v) is 17.7. The zero-order chi connectivity index (χ0) is 20.5. The molecule has 2 unspecified atom stereocenters. The van der Waals surface area contributed by atoms with E-state index in [-0.39, 0.29) is 11.9 Å². The lowest BCUT2D eigenvalue weighted by Crippen LogP contribution is -2.41. The van der Waals surface area contributed by atoms with Crippen LogP contribution in [0.25, 0.3) is 0 Å². The molecule has 0 radical (unpaired) electrons. The molecular weight excluding hydrogens is 410 g/mol. The molecule has 0 saturated carbocycles. The molecule has 9 heteroatoms. The highest BCUT2D eigenvalue weighted by Crippen LogP contribution is 2.39. The highest BCUT2D eigenvalue weighted by atomic mass is 35.5. The minimum absolute atomic E-state index is 0.129. The monoisotopic (exact) mass is 429 g/mol. The van der Waals surface area contributed by atoms with Crippen molar-refractivity contribution < 1.29 is 9.53 Å². The van der Waals surface area contributed by atoms with Crippen LogP contribution in [0.4, 0.5) is 5.69 Å². The number of hydrogen-bond acceptors (Lipinski definition) is 6. The smallest absolute Gasteiger partial charge is 0.240 e. The van der Waals surface area contributed by atoms with Gasteiger partial charge in [0.25, 0.3) is 0 Å². The van der Waals surface area contributed by atoms with Gasteiger partial charge in [-0.1, -0.05) is 47.1 Å². The maximum absolute atomic E-state index is 13.2. The number of nitrogens with zero attached hydrogens (tertiary/aromatic N) is 3. The first-order valence-corrected chi connectivity index (χ1v) is 10.3. The lowest BCUT2D eigenvalue weighted by Gasteiger charge is -2.33. The van der Waals surface area contributed by atoms with Crippen molar-refractivity contribution in [2.45, 2.75) is 30.3 Å². The quantitative estimate of drug-likeness (QED) is 0.653. The van der Waals surface area contributed by atoms with Crippen LogP contribution in [0.15, 0.2) is 47.6 Å². The summed E-state index contributed by atoms with van der Waals surface area (Å²) in [4.78, 5) is 13.2. The fourth-order valence-electron chi connectivity index (χ4n) is 3.14. The second kappa shape index (κ2) is 7.96. The van der Waals surface area contributed by atoms with Crippen molar-refractivity contribution in [3.8, 4) is 5.75 Å². The molecule has 2 heterocycles. The van der Waals surface area contributed by atoms with Crippen LogP contribution < -0.4 is 15.5 Å². The number of thioether (sulfide) groups is 1. The second-order valence-corrected chi connectivity index (χ2v) is 8.28. The third-order valence-corrected chi connectivity index (χ3v) is 6.22. The van der Waals surface area contributed by atoms with Gasteiger partial charge in [0, 0.05) is 5.69 Å². The molecule has 1 aliphatic heterocycles. The maximum atomic E-state index is 13.2. The van der Waals surface area contributed by atoms with Gasteiger partial charge in [0.15, 0.2) is 0 Å². The fraction of sp³-hybridized carbons (Fsp3) is 0.250. The Bertz CT molecular complexity index is 1050. The number of rotatable bonds is 4. The Kier molecular flexibility index (Phi) is 5.38. The molecule has 1 aliphatic rings. The molecule has 7 nitrogen and oxygen atoms in total. The van der Waals surface area contributed by atoms with Crippen LogP contribution in [0.3, 0.4) is 0 Å². The number of ether oxygens (including phenoxy) is 1. The van der Waals surface area contributed by atoms with Crippen LogP contribution in [-0.4, -0.2) is 33.1 Å². The van der Waals surface area contributed by atoms with Gasteiger partial charge >= 0.3 is 0 Å². The average molecular weight is 430 g/mol. The average Bonchev–Trinajstić information content (AvgIpc) is 3.08. The van der Waals surface area contributed by atoms with Crippen LogP contribution in [0, 0.1) is 13.8 Å². The lowest BCUT2D eigenvalue weighted by atomic mass is 10.0. The molecule has 29 heavy (non-hydrogen) atoms. The van der Waals surface area contributed by atoms with Crippen molar-refractivity contribution >= 4 is 35.0 Å². The van der Waals surface area contributed by atoms with Crippen LogP contribution in [0.1, 0.15) is 23.0 Å². The van der Waals surface area contributed by atoms with Crippen LogP contribution in [-0.2, 0) is 4.79 Å². The van der Waals surface area contributed by atoms with Crippen LogP contribution in [0.2, 0.25) is 5.02 Å². The van der Waals surface area contributed by atoms with Crippen LogP contribution in [0.5, 0.6) is 5.75 Å². The van der Waals surface area contributed by atoms with E-state index in [1.54, 1.807) is 17.9 Å². The Balaban J connectivity index is 1.67. The predicted molar refractivity (Wildman–Crippen MR) is 114 cm³/mol. The molecule has 2 atom stereocenters. The second-order valence-electron chi connectivity index (χ2n) is 6.76. The standard InChI is InChI=1S/C20H20ClN5O2S/c1-11-4-7-14(8-5-11)22-19(27)18-17(13-6-9-16(28-3)15(21)10-13)25-26-12(2)23-24-20(26)29-18/h4-10,17-18,25H,1-3H3,(H,22,27). The number of carbonyl (C=O) groups is 1. The fourth-order valence-corrected chi connectivity index (χ4v) is 4.53. The van der Waals surface area contributed by atoms with E-state index in [1.807, 2.05) is 50.2 Å². The SMILES string of the molecule is COc1ccc(C2Nn3c(C)nnc3SC2C(=O)Nc2ccc(C)cc2)cc1Cl. The molecule has 3 aromatic rings. The zero-order valence-electron chi connectivity index (χ0n) is 16.1. The number of aromatic nitrogens is 3. The summed E-state index contributed by atoms with van der Waals surface area (Å²) < 4.78 is 7.05. The van der Waals surface area contributed by atoms with E-state index in [9.17, 15) is 4.79 Å². The largest absolute Gasteiger partial charge is 0.495 e. The van der Waals surface area contributed by atoms with Crippen molar-refractivity contribution in [2.75, 3.05) is 17.9 Å². The number of anilines is 1. The van der Waals surface area contributed by atoms with E-state index in [0.717, 1.165) is 22.6 Å². The topological polar surface area (TPSA) is 81.1 Å². The predicted octanol–water partition coefficient (Wildman–Crippen LogP) is 3.95. The molecule has 0 bridgehead atoms. The van der Waals surface area contributed by atoms with Gasteiger partial charge in [0.1, 0.15) is 16.8 Å². The number of aryl methyl sites for hydroxylation is 2. The Hall–Kier alpha value is -2.71. The molecule has 2 aromatic carbocycles. The Morgan fingerprint density at radius 1 is 1.21 bits per heavy atom. The third kappa shape index (κ3) is 3.90. The molecule has 4 rings (SSSR count). The molecule has 2 N–H and O–H groups in total. The van der Waals surface area contributed by atoms with E-state index in [4.69, 9.17) is 16.3 Å². The van der Waals surface area contributed by atoms with Crippen molar-refractivity contribution in [2.24, 2.45) is 0 Å².